The van der Waals surface area contributed by atoms with E-state index in [1.807, 2.05) is 13.8 Å². The minimum Gasteiger partial charge on any atom is -0.493 e. The Balaban J connectivity index is 1.84. The van der Waals surface area contributed by atoms with Crippen molar-refractivity contribution in [2.45, 2.75) is 64.4 Å². The van der Waals surface area contributed by atoms with Crippen molar-refractivity contribution in [3.63, 3.8) is 0 Å². The summed E-state index contributed by atoms with van der Waals surface area (Å²) in [5.74, 6) is 1.38. The predicted octanol–water partition coefficient (Wildman–Crippen LogP) is 2.60. The van der Waals surface area contributed by atoms with E-state index in [9.17, 15) is 13.2 Å². The molecule has 10 nitrogen and oxygen atoms in total. The third-order valence-electron chi connectivity index (χ3n) is 7.57. The maximum atomic E-state index is 13.7. The number of likely N-dealkylation sites (N-methyl/N-ethyl adjacent to an activating group) is 1. The van der Waals surface area contributed by atoms with Crippen LogP contribution < -0.4 is 10.3 Å². The molecule has 2 atom stereocenters. The number of benzene rings is 1. The zero-order chi connectivity index (χ0) is 26.4. The van der Waals surface area contributed by atoms with E-state index in [0.717, 1.165) is 10.9 Å². The van der Waals surface area contributed by atoms with E-state index >= 15 is 0 Å². The molecule has 1 fully saturated rings. The molecule has 0 saturated carbocycles. The number of aromatic nitrogens is 4. The summed E-state index contributed by atoms with van der Waals surface area (Å²) in [4.78, 5) is 20.5. The molecule has 0 unspecified atom stereocenters. The summed E-state index contributed by atoms with van der Waals surface area (Å²) >= 11 is 0. The van der Waals surface area contributed by atoms with Crippen LogP contribution in [-0.2, 0) is 16.4 Å². The zero-order valence-electron chi connectivity index (χ0n) is 22.2. The molecular weight excluding hydrogens is 480 g/mol. The van der Waals surface area contributed by atoms with Crippen LogP contribution in [0.15, 0.2) is 27.9 Å². The highest BCUT2D eigenvalue weighted by Gasteiger charge is 2.42. The minimum absolute atomic E-state index is 0.144. The number of fused-ring (bicyclic) bond motifs is 1. The van der Waals surface area contributed by atoms with Crippen LogP contribution in [-0.4, -0.2) is 82.7 Å². The van der Waals surface area contributed by atoms with Gasteiger partial charge in [0, 0.05) is 6.42 Å². The van der Waals surface area contributed by atoms with Gasteiger partial charge in [0.2, 0.25) is 10.0 Å². The summed E-state index contributed by atoms with van der Waals surface area (Å²) in [6, 6.07) is 5.05. The molecular formula is C25H37N6O4S+. The first kappa shape index (κ1) is 26.3. The Labute approximate surface area is 212 Å². The molecule has 196 valence electrons. The number of sulfonamides is 1. The lowest BCUT2D eigenvalue weighted by atomic mass is 10.1. The first-order chi connectivity index (χ1) is 16.9. The number of aromatic amines is 1. The van der Waals surface area contributed by atoms with Crippen LogP contribution in [0.4, 0.5) is 0 Å². The maximum Gasteiger partial charge on any atom is 0.277 e. The van der Waals surface area contributed by atoms with Gasteiger partial charge in [-0.15, -0.1) is 5.10 Å². The molecule has 1 aliphatic rings. The summed E-state index contributed by atoms with van der Waals surface area (Å²) in [5.41, 5.74) is 1.08. The van der Waals surface area contributed by atoms with Gasteiger partial charge in [-0.1, -0.05) is 6.92 Å². The van der Waals surface area contributed by atoms with Gasteiger partial charge < -0.3 is 14.2 Å². The smallest absolute Gasteiger partial charge is 0.277 e. The molecule has 1 N–H and O–H groups in total. The van der Waals surface area contributed by atoms with Crippen LogP contribution in [0.25, 0.3) is 16.9 Å². The second-order valence-electron chi connectivity index (χ2n) is 10.2. The highest BCUT2D eigenvalue weighted by molar-refractivity contribution is 7.89. The quantitative estimate of drug-likeness (QED) is 0.483. The van der Waals surface area contributed by atoms with Gasteiger partial charge in [0.1, 0.15) is 11.6 Å². The van der Waals surface area contributed by atoms with Crippen molar-refractivity contribution in [1.29, 1.82) is 0 Å². The lowest BCUT2D eigenvalue weighted by Gasteiger charge is -2.48. The van der Waals surface area contributed by atoms with Crippen LogP contribution >= 0.6 is 0 Å². The standard InChI is InChI=1S/C25H36N6O4S/c1-8-10-22-26-18(5)23-25(32)27-24(28-30(22)23)20-13-19(11-12-21(20)35-9-2)36(33,34)29-14-16(3)31(6,7)17(4)15-29/h11-13,16-17H,8-10,14-15H2,1-7H3/p+1/t16-,17+. The van der Waals surface area contributed by atoms with Crippen molar-refractivity contribution in [2.75, 3.05) is 33.8 Å². The first-order valence-corrected chi connectivity index (χ1v) is 13.9. The largest absolute Gasteiger partial charge is 0.493 e. The zero-order valence-corrected chi connectivity index (χ0v) is 23.0. The van der Waals surface area contributed by atoms with Crippen molar-refractivity contribution < 1.29 is 17.6 Å². The normalized spacial score (nSPS) is 20.6. The summed E-state index contributed by atoms with van der Waals surface area (Å²) < 4.78 is 37.2. The number of nitrogens with zero attached hydrogens (tertiary/aromatic N) is 5. The molecule has 0 radical (unpaired) electrons. The number of ether oxygens (including phenoxy) is 1. The summed E-state index contributed by atoms with van der Waals surface area (Å²) in [7, 11) is 0.495. The van der Waals surface area contributed by atoms with E-state index in [4.69, 9.17) is 4.74 Å². The van der Waals surface area contributed by atoms with E-state index in [1.54, 1.807) is 33.9 Å². The van der Waals surface area contributed by atoms with Crippen LogP contribution in [0, 0.1) is 6.92 Å². The van der Waals surface area contributed by atoms with Gasteiger partial charge >= 0.3 is 0 Å². The van der Waals surface area contributed by atoms with E-state index in [2.05, 4.69) is 43.0 Å². The summed E-state index contributed by atoms with van der Waals surface area (Å²) in [5, 5.41) is 4.68. The third kappa shape index (κ3) is 4.44. The van der Waals surface area contributed by atoms with Gasteiger partial charge in [0.25, 0.3) is 5.56 Å². The van der Waals surface area contributed by atoms with Gasteiger partial charge in [0.05, 0.1) is 62.0 Å². The van der Waals surface area contributed by atoms with Crippen molar-refractivity contribution in [1.82, 2.24) is 23.9 Å². The molecule has 0 bridgehead atoms. The van der Waals surface area contributed by atoms with Crippen LogP contribution in [0.3, 0.4) is 0 Å². The van der Waals surface area contributed by atoms with Crippen LogP contribution in [0.1, 0.15) is 45.6 Å². The molecule has 11 heteroatoms. The Morgan fingerprint density at radius 3 is 2.44 bits per heavy atom. The molecule has 3 aromatic rings. The number of nitrogens with one attached hydrogen (secondary N) is 1. The Morgan fingerprint density at radius 2 is 1.83 bits per heavy atom. The minimum atomic E-state index is -3.78. The molecule has 0 aliphatic carbocycles. The van der Waals surface area contributed by atoms with Crippen molar-refractivity contribution >= 4 is 15.5 Å². The molecule has 1 saturated heterocycles. The number of H-pyrrole nitrogens is 1. The fourth-order valence-electron chi connectivity index (χ4n) is 4.74. The van der Waals surface area contributed by atoms with Crippen molar-refractivity contribution in [3.05, 3.63) is 40.1 Å². The van der Waals surface area contributed by atoms with E-state index in [-0.39, 0.29) is 28.4 Å². The molecule has 3 heterocycles. The molecule has 4 rings (SSSR count). The lowest BCUT2D eigenvalue weighted by molar-refractivity contribution is -0.938. The van der Waals surface area contributed by atoms with Crippen molar-refractivity contribution in [2.24, 2.45) is 0 Å². The number of hydrogen-bond donors (Lipinski definition) is 1. The maximum absolute atomic E-state index is 13.7. The second kappa shape index (κ2) is 9.60. The topological polar surface area (TPSA) is 110 Å². The monoisotopic (exact) mass is 517 g/mol. The molecule has 2 aromatic heterocycles. The molecule has 0 amide bonds. The van der Waals surface area contributed by atoms with Gasteiger partial charge in [0.15, 0.2) is 11.3 Å². The molecule has 36 heavy (non-hydrogen) atoms. The Morgan fingerprint density at radius 1 is 1.17 bits per heavy atom. The average Bonchev–Trinajstić information content (AvgIpc) is 3.13. The fourth-order valence-corrected chi connectivity index (χ4v) is 6.37. The Hall–Kier alpha value is -2.76. The summed E-state index contributed by atoms with van der Waals surface area (Å²) in [6.45, 7) is 11.1. The van der Waals surface area contributed by atoms with E-state index in [1.165, 1.54) is 0 Å². The van der Waals surface area contributed by atoms with Gasteiger partial charge in [-0.25, -0.2) is 17.9 Å². The predicted molar refractivity (Wildman–Crippen MR) is 139 cm³/mol. The Bertz CT molecular complexity index is 1430. The fraction of sp³-hybridized carbons (Fsp3) is 0.560. The SMILES string of the molecule is CCCc1nc(C)c2c(=O)[nH]c(-c3cc(S(=O)(=O)N4C[C@@H](C)[N+](C)(C)[C@@H](C)C4)ccc3OCC)nn12. The number of aryl methyl sites for hydroxylation is 2. The van der Waals surface area contributed by atoms with E-state index in [0.29, 0.717) is 54.5 Å². The number of rotatable bonds is 7. The number of piperazine rings is 1. The number of quaternary nitrogens is 1. The van der Waals surface area contributed by atoms with Gasteiger partial charge in [-0.05, 0) is 52.3 Å². The molecule has 1 aromatic carbocycles. The third-order valence-corrected chi connectivity index (χ3v) is 9.40. The highest BCUT2D eigenvalue weighted by atomic mass is 32.2. The number of hydrogen-bond acceptors (Lipinski definition) is 6. The van der Waals surface area contributed by atoms with Gasteiger partial charge in [-0.2, -0.15) is 4.31 Å². The Kier molecular flexibility index (Phi) is 7.02. The van der Waals surface area contributed by atoms with Crippen LogP contribution in [0.5, 0.6) is 5.75 Å². The number of imidazole rings is 1. The van der Waals surface area contributed by atoms with Crippen LogP contribution in [0.2, 0.25) is 0 Å². The molecule has 0 spiro atoms. The first-order valence-electron chi connectivity index (χ1n) is 12.5. The highest BCUT2D eigenvalue weighted by Crippen LogP contribution is 2.33. The summed E-state index contributed by atoms with van der Waals surface area (Å²) in [6.07, 6.45) is 1.51. The van der Waals surface area contributed by atoms with E-state index < -0.39 is 10.0 Å². The molecule has 1 aliphatic heterocycles. The van der Waals surface area contributed by atoms with Gasteiger partial charge in [-0.3, -0.25) is 4.79 Å². The van der Waals surface area contributed by atoms with Crippen molar-refractivity contribution in [3.8, 4) is 17.1 Å². The second-order valence-corrected chi connectivity index (χ2v) is 12.1. The average molecular weight is 518 g/mol. The lowest BCUT2D eigenvalue weighted by Crippen LogP contribution is -2.65.